The van der Waals surface area contributed by atoms with E-state index in [-0.39, 0.29) is 25.1 Å². The minimum Gasteiger partial charge on any atom is -0.454 e. The molecule has 128 valence electrons. The van der Waals surface area contributed by atoms with Crippen molar-refractivity contribution in [2.75, 3.05) is 13.3 Å². The van der Waals surface area contributed by atoms with E-state index in [0.29, 0.717) is 30.9 Å². The summed E-state index contributed by atoms with van der Waals surface area (Å²) in [5, 5.41) is 0. The lowest BCUT2D eigenvalue weighted by molar-refractivity contribution is 0.0752. The zero-order chi connectivity index (χ0) is 16.2. The second-order valence-corrected chi connectivity index (χ2v) is 5.25. The fourth-order valence-corrected chi connectivity index (χ4v) is 2.49. The molecule has 0 saturated carbocycles. The Balaban J connectivity index is 0.00000208. The highest BCUT2D eigenvalue weighted by molar-refractivity contribution is 5.94. The fourth-order valence-electron chi connectivity index (χ4n) is 2.49. The Morgan fingerprint density at radius 3 is 2.79 bits per heavy atom. The second-order valence-electron chi connectivity index (χ2n) is 5.25. The number of pyridine rings is 1. The zero-order valence-corrected chi connectivity index (χ0v) is 14.2. The number of hydrogen-bond donors (Lipinski definition) is 1. The van der Waals surface area contributed by atoms with E-state index in [9.17, 15) is 4.79 Å². The maximum atomic E-state index is 12.7. The molecule has 0 aliphatic carbocycles. The van der Waals surface area contributed by atoms with Gasteiger partial charge in [-0.05, 0) is 36.8 Å². The van der Waals surface area contributed by atoms with Crippen LogP contribution in [0.5, 0.6) is 11.5 Å². The van der Waals surface area contributed by atoms with Gasteiger partial charge in [0.1, 0.15) is 0 Å². The van der Waals surface area contributed by atoms with Crippen LogP contribution in [0.1, 0.15) is 28.5 Å². The van der Waals surface area contributed by atoms with Gasteiger partial charge in [0.05, 0.1) is 5.69 Å². The molecular weight excluding hydrogens is 330 g/mol. The van der Waals surface area contributed by atoms with Gasteiger partial charge < -0.3 is 20.1 Å². The molecule has 0 atom stereocenters. The van der Waals surface area contributed by atoms with Crippen molar-refractivity contribution >= 4 is 18.3 Å². The topological polar surface area (TPSA) is 77.7 Å². The van der Waals surface area contributed by atoms with Crippen LogP contribution < -0.4 is 15.2 Å². The molecule has 1 amide bonds. The molecule has 0 radical (unpaired) electrons. The maximum Gasteiger partial charge on any atom is 0.254 e. The van der Waals surface area contributed by atoms with Gasteiger partial charge in [0, 0.05) is 31.4 Å². The van der Waals surface area contributed by atoms with Crippen molar-refractivity contribution < 1.29 is 14.3 Å². The molecule has 2 N–H and O–H groups in total. The van der Waals surface area contributed by atoms with Gasteiger partial charge in [-0.3, -0.25) is 9.78 Å². The van der Waals surface area contributed by atoms with Crippen molar-refractivity contribution in [2.45, 2.75) is 20.0 Å². The number of carbonyl (C=O) groups is 1. The van der Waals surface area contributed by atoms with Crippen LogP contribution in [0, 0.1) is 0 Å². The van der Waals surface area contributed by atoms with E-state index in [1.54, 1.807) is 23.2 Å². The highest BCUT2D eigenvalue weighted by Gasteiger charge is 2.18. The molecule has 0 unspecified atom stereocenters. The summed E-state index contributed by atoms with van der Waals surface area (Å²) in [7, 11) is 0. The molecule has 1 aliphatic heterocycles. The summed E-state index contributed by atoms with van der Waals surface area (Å²) in [6.07, 6.45) is 1.61. The van der Waals surface area contributed by atoms with Crippen molar-refractivity contribution in [3.8, 4) is 11.5 Å². The summed E-state index contributed by atoms with van der Waals surface area (Å²) >= 11 is 0. The summed E-state index contributed by atoms with van der Waals surface area (Å²) < 4.78 is 10.7. The Hall–Kier alpha value is -2.31. The molecule has 1 aliphatic rings. The standard InChI is InChI=1S/C17H19N3O3.ClH/c1-2-20(17(21)13-5-6-19-14(8-13)9-18)10-12-3-4-15-16(7-12)23-11-22-15;/h3-8H,2,9-11,18H2,1H3;1H. The number of aromatic nitrogens is 1. The molecule has 2 aromatic rings. The fraction of sp³-hybridized carbons (Fsp3) is 0.294. The SMILES string of the molecule is CCN(Cc1ccc2c(c1)OCO2)C(=O)c1ccnc(CN)c1.Cl. The second kappa shape index (κ2) is 7.99. The number of rotatable bonds is 5. The Labute approximate surface area is 147 Å². The number of fused-ring (bicyclic) bond motifs is 1. The van der Waals surface area contributed by atoms with Crippen molar-refractivity contribution in [2.24, 2.45) is 5.73 Å². The summed E-state index contributed by atoms with van der Waals surface area (Å²) in [4.78, 5) is 18.6. The van der Waals surface area contributed by atoms with E-state index in [0.717, 1.165) is 17.1 Å². The van der Waals surface area contributed by atoms with Crippen LogP contribution in [-0.4, -0.2) is 29.1 Å². The monoisotopic (exact) mass is 349 g/mol. The highest BCUT2D eigenvalue weighted by Crippen LogP contribution is 2.32. The molecule has 1 aromatic heterocycles. The predicted octanol–water partition coefficient (Wildman–Crippen LogP) is 2.35. The number of ether oxygens (including phenoxy) is 2. The van der Waals surface area contributed by atoms with Gasteiger partial charge in [0.2, 0.25) is 6.79 Å². The Morgan fingerprint density at radius 1 is 1.25 bits per heavy atom. The number of hydrogen-bond acceptors (Lipinski definition) is 5. The molecule has 24 heavy (non-hydrogen) atoms. The molecule has 0 bridgehead atoms. The third kappa shape index (κ3) is 3.77. The summed E-state index contributed by atoms with van der Waals surface area (Å²) in [5.74, 6) is 1.42. The van der Waals surface area contributed by atoms with Crippen LogP contribution in [0.3, 0.4) is 0 Å². The van der Waals surface area contributed by atoms with Crippen molar-refractivity contribution in [1.82, 2.24) is 9.88 Å². The van der Waals surface area contributed by atoms with Gasteiger partial charge in [-0.25, -0.2) is 0 Å². The van der Waals surface area contributed by atoms with E-state index in [1.165, 1.54) is 0 Å². The number of benzene rings is 1. The predicted molar refractivity (Wildman–Crippen MR) is 92.4 cm³/mol. The molecular formula is C17H20ClN3O3. The summed E-state index contributed by atoms with van der Waals surface area (Å²) in [6, 6.07) is 9.18. The quantitative estimate of drug-likeness (QED) is 0.896. The number of halogens is 1. The lowest BCUT2D eigenvalue weighted by atomic mass is 10.1. The van der Waals surface area contributed by atoms with Crippen molar-refractivity contribution in [1.29, 1.82) is 0 Å². The first-order valence-electron chi connectivity index (χ1n) is 7.54. The Kier molecular flexibility index (Phi) is 6.00. The molecule has 2 heterocycles. The van der Waals surface area contributed by atoms with Crippen LogP contribution in [0.2, 0.25) is 0 Å². The minimum atomic E-state index is -0.0396. The smallest absolute Gasteiger partial charge is 0.254 e. The first-order valence-corrected chi connectivity index (χ1v) is 7.54. The molecule has 1 aromatic carbocycles. The van der Waals surface area contributed by atoms with Crippen LogP contribution >= 0.6 is 12.4 Å². The van der Waals surface area contributed by atoms with Crippen LogP contribution in [0.25, 0.3) is 0 Å². The largest absolute Gasteiger partial charge is 0.454 e. The van der Waals surface area contributed by atoms with Gasteiger partial charge >= 0.3 is 0 Å². The lowest BCUT2D eigenvalue weighted by Gasteiger charge is -2.21. The summed E-state index contributed by atoms with van der Waals surface area (Å²) in [5.41, 5.74) is 7.89. The Bertz CT molecular complexity index is 724. The molecule has 6 nitrogen and oxygen atoms in total. The molecule has 0 fully saturated rings. The maximum absolute atomic E-state index is 12.7. The van der Waals surface area contributed by atoms with Crippen molar-refractivity contribution in [3.63, 3.8) is 0 Å². The first-order chi connectivity index (χ1) is 11.2. The van der Waals surface area contributed by atoms with Gasteiger partial charge in [-0.2, -0.15) is 0 Å². The van der Waals surface area contributed by atoms with E-state index < -0.39 is 0 Å². The van der Waals surface area contributed by atoms with Gasteiger partial charge in [-0.1, -0.05) is 6.07 Å². The molecule has 0 saturated heterocycles. The molecule has 0 spiro atoms. The first kappa shape index (κ1) is 18.0. The van der Waals surface area contributed by atoms with Gasteiger partial charge in [0.25, 0.3) is 5.91 Å². The van der Waals surface area contributed by atoms with Gasteiger partial charge in [-0.15, -0.1) is 12.4 Å². The van der Waals surface area contributed by atoms with E-state index >= 15 is 0 Å². The number of nitrogens with two attached hydrogens (primary N) is 1. The lowest BCUT2D eigenvalue weighted by Crippen LogP contribution is -2.30. The van der Waals surface area contributed by atoms with Crippen LogP contribution in [0.4, 0.5) is 0 Å². The number of nitrogens with zero attached hydrogens (tertiary/aromatic N) is 2. The number of carbonyl (C=O) groups excluding carboxylic acids is 1. The Morgan fingerprint density at radius 2 is 2.04 bits per heavy atom. The third-order valence-corrected chi connectivity index (χ3v) is 3.75. The van der Waals surface area contributed by atoms with Gasteiger partial charge in [0.15, 0.2) is 11.5 Å². The van der Waals surface area contributed by atoms with Crippen LogP contribution in [-0.2, 0) is 13.1 Å². The minimum absolute atomic E-state index is 0. The highest BCUT2D eigenvalue weighted by atomic mass is 35.5. The van der Waals surface area contributed by atoms with E-state index in [2.05, 4.69) is 4.98 Å². The van der Waals surface area contributed by atoms with Crippen LogP contribution in [0.15, 0.2) is 36.5 Å². The number of amides is 1. The van der Waals surface area contributed by atoms with E-state index in [4.69, 9.17) is 15.2 Å². The molecule has 7 heteroatoms. The third-order valence-electron chi connectivity index (χ3n) is 3.75. The average Bonchev–Trinajstić information content (AvgIpc) is 3.06. The molecule has 3 rings (SSSR count). The average molecular weight is 350 g/mol. The van der Waals surface area contributed by atoms with E-state index in [1.807, 2.05) is 25.1 Å². The van der Waals surface area contributed by atoms with Crippen molar-refractivity contribution in [3.05, 3.63) is 53.3 Å². The zero-order valence-electron chi connectivity index (χ0n) is 13.4. The summed E-state index contributed by atoms with van der Waals surface area (Å²) in [6.45, 7) is 3.62. The normalized spacial score (nSPS) is 11.8.